The minimum Gasteiger partial charge on any atom is -0.496 e. The van der Waals surface area contributed by atoms with E-state index in [0.717, 1.165) is 52.2 Å². The summed E-state index contributed by atoms with van der Waals surface area (Å²) in [7, 11) is 1.60. The minimum atomic E-state index is -1.02. The summed E-state index contributed by atoms with van der Waals surface area (Å²) in [5.41, 5.74) is 5.41. The van der Waals surface area contributed by atoms with E-state index in [9.17, 15) is 9.50 Å². The zero-order valence-corrected chi connectivity index (χ0v) is 25.7. The van der Waals surface area contributed by atoms with Crippen molar-refractivity contribution in [3.05, 3.63) is 126 Å². The summed E-state index contributed by atoms with van der Waals surface area (Å²) in [6.45, 7) is 9.02. The van der Waals surface area contributed by atoms with E-state index in [2.05, 4.69) is 38.6 Å². The number of fused-ring (bicyclic) bond motifs is 1. The topological polar surface area (TPSA) is 101 Å². The number of allylic oxidation sites excluding steroid dienone is 1. The fourth-order valence-corrected chi connectivity index (χ4v) is 6.01. The van der Waals surface area contributed by atoms with Crippen LogP contribution in [0.5, 0.6) is 11.5 Å². The number of methoxy groups -OCH3 is 1. The van der Waals surface area contributed by atoms with Crippen molar-refractivity contribution < 1.29 is 19.0 Å². The molecule has 1 aliphatic carbocycles. The first kappa shape index (κ1) is 30.3. The maximum atomic E-state index is 13.8. The summed E-state index contributed by atoms with van der Waals surface area (Å²) in [5, 5.41) is 21.7. The van der Waals surface area contributed by atoms with E-state index in [1.165, 1.54) is 12.1 Å². The molecule has 3 aromatic carbocycles. The van der Waals surface area contributed by atoms with Crippen molar-refractivity contribution >= 4 is 5.69 Å². The van der Waals surface area contributed by atoms with E-state index in [1.54, 1.807) is 37.7 Å². The Morgan fingerprint density at radius 2 is 1.91 bits per heavy atom. The van der Waals surface area contributed by atoms with Crippen molar-refractivity contribution in [1.82, 2.24) is 20.6 Å². The first-order valence-electron chi connectivity index (χ1n) is 15.2. The van der Waals surface area contributed by atoms with Crippen molar-refractivity contribution in [3.8, 4) is 22.6 Å². The smallest absolute Gasteiger partial charge is 0.148 e. The van der Waals surface area contributed by atoms with Crippen molar-refractivity contribution in [3.63, 3.8) is 0 Å². The van der Waals surface area contributed by atoms with Crippen LogP contribution in [0.3, 0.4) is 0 Å². The van der Waals surface area contributed by atoms with Gasteiger partial charge in [0, 0.05) is 53.1 Å². The summed E-state index contributed by atoms with van der Waals surface area (Å²) in [5.74, 6) is 1.41. The van der Waals surface area contributed by atoms with Gasteiger partial charge in [-0.2, -0.15) is 0 Å². The Morgan fingerprint density at radius 1 is 1.16 bits per heavy atom. The highest BCUT2D eigenvalue weighted by molar-refractivity contribution is 5.82. The Hall–Kier alpha value is -4.73. The lowest BCUT2D eigenvalue weighted by molar-refractivity contribution is 0.112. The van der Waals surface area contributed by atoms with Gasteiger partial charge in [-0.15, -0.1) is 0 Å². The molecule has 45 heavy (non-hydrogen) atoms. The van der Waals surface area contributed by atoms with E-state index in [0.29, 0.717) is 23.7 Å². The third-order valence-electron chi connectivity index (χ3n) is 8.41. The quantitative estimate of drug-likeness (QED) is 0.130. The Morgan fingerprint density at radius 3 is 2.58 bits per heavy atom. The second-order valence-electron chi connectivity index (χ2n) is 11.4. The van der Waals surface area contributed by atoms with Crippen LogP contribution in [0.4, 0.5) is 10.1 Å². The van der Waals surface area contributed by atoms with Gasteiger partial charge in [0.2, 0.25) is 0 Å². The third-order valence-corrected chi connectivity index (χ3v) is 8.41. The number of anilines is 1. The van der Waals surface area contributed by atoms with Crippen LogP contribution in [0, 0.1) is 5.82 Å². The van der Waals surface area contributed by atoms with E-state index < -0.39 is 17.9 Å². The highest BCUT2D eigenvalue weighted by atomic mass is 19.1. The first-order chi connectivity index (χ1) is 21.9. The molecular weight excluding hydrogens is 569 g/mol. The van der Waals surface area contributed by atoms with Gasteiger partial charge in [0.1, 0.15) is 35.5 Å². The normalized spacial score (nSPS) is 18.6. The highest BCUT2D eigenvalue weighted by Gasteiger charge is 2.48. The number of nitrogens with one attached hydrogen (secondary N) is 3. The molecule has 232 valence electrons. The number of benzene rings is 3. The first-order valence-corrected chi connectivity index (χ1v) is 15.2. The Kier molecular flexibility index (Phi) is 8.56. The summed E-state index contributed by atoms with van der Waals surface area (Å²) >= 11 is 0. The molecule has 1 saturated carbocycles. The maximum Gasteiger partial charge on any atom is 0.148 e. The fourth-order valence-electron chi connectivity index (χ4n) is 6.01. The number of halogens is 1. The number of hydrogen-bond acceptors (Lipinski definition) is 8. The molecule has 1 fully saturated rings. The van der Waals surface area contributed by atoms with Gasteiger partial charge in [-0.05, 0) is 80.4 Å². The monoisotopic (exact) mass is 607 g/mol. The van der Waals surface area contributed by atoms with Crippen molar-refractivity contribution in [2.45, 2.75) is 50.5 Å². The zero-order chi connectivity index (χ0) is 31.6. The number of nitrogens with zero attached hydrogens (tertiary/aromatic N) is 2. The van der Waals surface area contributed by atoms with E-state index in [4.69, 9.17) is 9.47 Å². The molecule has 0 spiro atoms. The van der Waals surface area contributed by atoms with Gasteiger partial charge >= 0.3 is 0 Å². The Bertz CT molecular complexity index is 1710. The van der Waals surface area contributed by atoms with Crippen LogP contribution >= 0.6 is 0 Å². The second-order valence-corrected chi connectivity index (χ2v) is 11.4. The average Bonchev–Trinajstić information content (AvgIpc) is 3.75. The van der Waals surface area contributed by atoms with Gasteiger partial charge < -0.3 is 25.2 Å². The fraction of sp³-hybridized carbons (Fsp3) is 0.278. The molecule has 8 nitrogen and oxygen atoms in total. The lowest BCUT2D eigenvalue weighted by atomic mass is 9.86. The maximum absolute atomic E-state index is 13.8. The molecule has 0 radical (unpaired) electrons. The summed E-state index contributed by atoms with van der Waals surface area (Å²) in [6, 6.07) is 18.1. The van der Waals surface area contributed by atoms with Gasteiger partial charge in [-0.3, -0.25) is 5.32 Å². The highest BCUT2D eigenvalue weighted by Crippen LogP contribution is 2.52. The number of aromatic nitrogens is 2. The molecule has 0 saturated heterocycles. The third kappa shape index (κ3) is 6.01. The number of aliphatic hydroxyl groups excluding tert-OH is 1. The lowest BCUT2D eigenvalue weighted by Crippen LogP contribution is -2.34. The number of aliphatic hydroxyl groups is 1. The van der Waals surface area contributed by atoms with E-state index in [1.807, 2.05) is 50.4 Å². The largest absolute Gasteiger partial charge is 0.496 e. The van der Waals surface area contributed by atoms with E-state index in [-0.39, 0.29) is 11.7 Å². The van der Waals surface area contributed by atoms with Crippen LogP contribution in [0.1, 0.15) is 67.5 Å². The van der Waals surface area contributed by atoms with Crippen LogP contribution in [-0.4, -0.2) is 28.7 Å². The Balaban J connectivity index is 1.40. The zero-order valence-electron chi connectivity index (χ0n) is 25.7. The molecule has 2 heterocycles. The Labute approximate surface area is 263 Å². The molecule has 1 aliphatic heterocycles. The van der Waals surface area contributed by atoms with E-state index >= 15 is 0 Å². The summed E-state index contributed by atoms with van der Waals surface area (Å²) < 4.78 is 26.1. The van der Waals surface area contributed by atoms with Crippen LogP contribution in [0.15, 0.2) is 97.6 Å². The van der Waals surface area contributed by atoms with Gasteiger partial charge in [0.15, 0.2) is 0 Å². The molecule has 1 aromatic heterocycles. The van der Waals surface area contributed by atoms with Crippen LogP contribution < -0.4 is 25.4 Å². The molecule has 6 rings (SSSR count). The van der Waals surface area contributed by atoms with Gasteiger partial charge in [-0.25, -0.2) is 14.4 Å². The molecule has 9 heteroatoms. The molecule has 0 amide bonds. The minimum absolute atomic E-state index is 0.248. The molecule has 3 unspecified atom stereocenters. The molecule has 4 aromatic rings. The molecular formula is C36H38FN5O3. The number of hydrogen-bond donors (Lipinski definition) is 4. The lowest BCUT2D eigenvalue weighted by Gasteiger charge is -2.23. The van der Waals surface area contributed by atoms with Gasteiger partial charge in [-0.1, -0.05) is 30.9 Å². The standard InChI is InChI=1S/C36H38FN5O3/c1-5-16-39-22(3)32-27-20-26(29(38-6-2)21-31(27)45-33(32)23-8-11-25(37)12-9-23)24-10-13-30(44-4)28(19-24)34(43)42-36(14-15-36)35-40-17-7-18-41-35/h5,7-13,16-21,32-34,38-39,42-43H,3,6,14-15H2,1-2,4H3/b16-5-. The average molecular weight is 608 g/mol. The van der Waals surface area contributed by atoms with Crippen LogP contribution in [-0.2, 0) is 5.54 Å². The predicted octanol–water partition coefficient (Wildman–Crippen LogP) is 6.85. The SMILES string of the molecule is C=C(N/C=C\C)C1c2cc(-c3ccc(OC)c(C(O)NC4(c5ncccn5)CC4)c3)c(NCC)cc2OC1c1ccc(F)cc1. The molecule has 2 aliphatic rings. The van der Waals surface area contributed by atoms with Gasteiger partial charge in [0.05, 0.1) is 18.6 Å². The second kappa shape index (κ2) is 12.7. The molecule has 0 bridgehead atoms. The van der Waals surface area contributed by atoms with Crippen LogP contribution in [0.2, 0.25) is 0 Å². The van der Waals surface area contributed by atoms with Crippen LogP contribution in [0.25, 0.3) is 11.1 Å². The molecule has 3 atom stereocenters. The van der Waals surface area contributed by atoms with Crippen molar-refractivity contribution in [2.75, 3.05) is 19.0 Å². The van der Waals surface area contributed by atoms with Gasteiger partial charge in [0.25, 0.3) is 0 Å². The molecule has 4 N–H and O–H groups in total. The summed E-state index contributed by atoms with van der Waals surface area (Å²) in [6.07, 6.45) is 7.41. The number of rotatable bonds is 12. The van der Waals surface area contributed by atoms with Crippen molar-refractivity contribution in [2.24, 2.45) is 0 Å². The predicted molar refractivity (Wildman–Crippen MR) is 173 cm³/mol. The summed E-state index contributed by atoms with van der Waals surface area (Å²) in [4.78, 5) is 8.87. The van der Waals surface area contributed by atoms with Crippen molar-refractivity contribution in [1.29, 1.82) is 0 Å². The number of ether oxygens (including phenoxy) is 2.